The Labute approximate surface area is 44.5 Å². The topological polar surface area (TPSA) is 46.5 Å². The smallest absolute Gasteiger partial charge is 0.367 e. The minimum atomic E-state index is -3.38. The van der Waals surface area contributed by atoms with E-state index < -0.39 is 20.6 Å². The monoisotopic (exact) mass is 144 g/mol. The third kappa shape index (κ3) is 3.77. The standard InChI is InChI=1S/C2H3F2O3P/c3-1-2(4)7-8(5)6/h1,8H,(H,5,6). The van der Waals surface area contributed by atoms with Crippen LogP contribution in [0.4, 0.5) is 8.78 Å². The molecule has 0 aromatic carbocycles. The molecule has 0 amide bonds. The van der Waals surface area contributed by atoms with Crippen LogP contribution in [0.15, 0.2) is 12.3 Å². The molecule has 48 valence electrons. The molecular weight excluding hydrogens is 141 g/mol. The molecule has 0 spiro atoms. The van der Waals surface area contributed by atoms with Crippen molar-refractivity contribution in [1.82, 2.24) is 0 Å². The van der Waals surface area contributed by atoms with Crippen molar-refractivity contribution in [3.8, 4) is 0 Å². The third-order valence-electron chi connectivity index (χ3n) is 0.271. The molecule has 0 heterocycles. The van der Waals surface area contributed by atoms with Gasteiger partial charge in [-0.2, -0.15) is 4.39 Å². The first kappa shape index (κ1) is 7.59. The van der Waals surface area contributed by atoms with Crippen molar-refractivity contribution in [3.05, 3.63) is 12.3 Å². The van der Waals surface area contributed by atoms with Gasteiger partial charge in [-0.25, -0.2) is 8.96 Å². The van der Waals surface area contributed by atoms with Crippen molar-refractivity contribution in [3.63, 3.8) is 0 Å². The van der Waals surface area contributed by atoms with Gasteiger partial charge in [-0.1, -0.05) is 0 Å². The van der Waals surface area contributed by atoms with Crippen LogP contribution in [0.5, 0.6) is 0 Å². The number of hydrogen-bond acceptors (Lipinski definition) is 2. The molecule has 0 aliphatic rings. The maximum atomic E-state index is 11.3. The minimum Gasteiger partial charge on any atom is -0.397 e. The molecule has 6 heteroatoms. The summed E-state index contributed by atoms with van der Waals surface area (Å²) in [6.45, 7) is 0. The highest BCUT2D eigenvalue weighted by molar-refractivity contribution is 7.32. The van der Waals surface area contributed by atoms with Gasteiger partial charge in [0.05, 0.1) is 0 Å². The van der Waals surface area contributed by atoms with Crippen LogP contribution in [-0.2, 0) is 9.09 Å². The molecule has 0 saturated carbocycles. The van der Waals surface area contributed by atoms with Crippen LogP contribution in [0.25, 0.3) is 0 Å². The Hall–Kier alpha value is -0.410. The fourth-order valence-corrected chi connectivity index (χ4v) is 0.317. The van der Waals surface area contributed by atoms with Gasteiger partial charge in [-0.05, 0) is 0 Å². The molecule has 0 aliphatic heterocycles. The quantitative estimate of drug-likeness (QED) is 0.466. The predicted octanol–water partition coefficient (Wildman–Crippen LogP) is 1.12. The summed E-state index contributed by atoms with van der Waals surface area (Å²) in [5.74, 6) is 0. The van der Waals surface area contributed by atoms with Gasteiger partial charge in [0.2, 0.25) is 0 Å². The van der Waals surface area contributed by atoms with Crippen LogP contribution >= 0.6 is 8.25 Å². The van der Waals surface area contributed by atoms with Crippen LogP contribution in [0.3, 0.4) is 0 Å². The highest BCUT2D eigenvalue weighted by atomic mass is 31.1. The summed E-state index contributed by atoms with van der Waals surface area (Å²) in [6.07, 6.45) is -0.543. The van der Waals surface area contributed by atoms with Crippen molar-refractivity contribution in [2.75, 3.05) is 0 Å². The van der Waals surface area contributed by atoms with Gasteiger partial charge in [0, 0.05) is 0 Å². The fraction of sp³-hybridized carbons (Fsp3) is 0. The van der Waals surface area contributed by atoms with Crippen LogP contribution in [0.1, 0.15) is 0 Å². The molecule has 0 fully saturated rings. The molecule has 3 nitrogen and oxygen atoms in total. The van der Waals surface area contributed by atoms with E-state index in [9.17, 15) is 13.3 Å². The van der Waals surface area contributed by atoms with Crippen molar-refractivity contribution < 1.29 is 22.8 Å². The van der Waals surface area contributed by atoms with E-state index in [-0.39, 0.29) is 0 Å². The second-order valence-electron chi connectivity index (χ2n) is 0.781. The molecule has 0 aromatic heterocycles. The molecule has 0 aliphatic carbocycles. The lowest BCUT2D eigenvalue weighted by atomic mass is 11.1. The molecule has 1 atom stereocenters. The van der Waals surface area contributed by atoms with E-state index in [0.717, 1.165) is 0 Å². The molecule has 0 aromatic rings. The van der Waals surface area contributed by atoms with E-state index in [4.69, 9.17) is 4.89 Å². The number of rotatable bonds is 2. The van der Waals surface area contributed by atoms with Gasteiger partial charge < -0.3 is 9.42 Å². The summed E-state index contributed by atoms with van der Waals surface area (Å²) in [5.41, 5.74) is 0. The Morgan fingerprint density at radius 2 is 2.38 bits per heavy atom. The SMILES string of the molecule is O=[PH](O)OC(F)=CF. The molecule has 1 N–H and O–H groups in total. The third-order valence-corrected chi connectivity index (χ3v) is 0.640. The van der Waals surface area contributed by atoms with Crippen molar-refractivity contribution in [2.45, 2.75) is 0 Å². The van der Waals surface area contributed by atoms with Gasteiger partial charge in [0.15, 0.2) is 6.33 Å². The molecule has 8 heavy (non-hydrogen) atoms. The molecule has 0 rings (SSSR count). The van der Waals surface area contributed by atoms with Gasteiger partial charge in [0.25, 0.3) is 0 Å². The van der Waals surface area contributed by atoms with Crippen molar-refractivity contribution in [2.24, 2.45) is 0 Å². The Balaban J connectivity index is 3.56. The maximum Gasteiger partial charge on any atom is 0.367 e. The first-order valence-electron chi connectivity index (χ1n) is 1.53. The Kier molecular flexibility index (Phi) is 3.39. The van der Waals surface area contributed by atoms with E-state index in [0.29, 0.717) is 0 Å². The minimum absolute atomic E-state index is 0.543. The van der Waals surface area contributed by atoms with E-state index in [1.165, 1.54) is 0 Å². The first-order chi connectivity index (χ1) is 3.66. The lowest BCUT2D eigenvalue weighted by Crippen LogP contribution is -1.70. The van der Waals surface area contributed by atoms with Crippen LogP contribution in [0, 0.1) is 0 Å². The average Bonchev–Trinajstić information content (AvgIpc) is 1.65. The number of halogens is 2. The second-order valence-corrected chi connectivity index (χ2v) is 1.52. The fourth-order valence-electron chi connectivity index (χ4n) is 0.106. The van der Waals surface area contributed by atoms with Crippen LogP contribution in [-0.4, -0.2) is 4.89 Å². The average molecular weight is 144 g/mol. The predicted molar refractivity (Wildman–Crippen MR) is 22.6 cm³/mol. The van der Waals surface area contributed by atoms with E-state index in [2.05, 4.69) is 4.52 Å². The first-order valence-corrected chi connectivity index (χ1v) is 2.80. The Morgan fingerprint density at radius 3 is 2.50 bits per heavy atom. The zero-order valence-corrected chi connectivity index (χ0v) is 4.60. The Bertz CT molecular complexity index is 122. The summed E-state index contributed by atoms with van der Waals surface area (Å²) < 4.78 is 35.0. The largest absolute Gasteiger partial charge is 0.397 e. The van der Waals surface area contributed by atoms with Gasteiger partial charge >= 0.3 is 14.3 Å². The van der Waals surface area contributed by atoms with E-state index >= 15 is 0 Å². The summed E-state index contributed by atoms with van der Waals surface area (Å²) in [7, 11) is -3.38. The summed E-state index contributed by atoms with van der Waals surface area (Å²) in [6, 6.07) is -1.68. The zero-order valence-electron chi connectivity index (χ0n) is 3.60. The van der Waals surface area contributed by atoms with Crippen LogP contribution < -0.4 is 0 Å². The van der Waals surface area contributed by atoms with Gasteiger partial charge in [0.1, 0.15) is 0 Å². The Morgan fingerprint density at radius 1 is 1.88 bits per heavy atom. The lowest BCUT2D eigenvalue weighted by Gasteiger charge is -1.91. The summed E-state index contributed by atoms with van der Waals surface area (Å²) in [5, 5.41) is 0. The maximum absolute atomic E-state index is 11.3. The molecular formula is C2H3F2O3P. The van der Waals surface area contributed by atoms with E-state index in [1.54, 1.807) is 0 Å². The highest BCUT2D eigenvalue weighted by Crippen LogP contribution is 2.20. The zero-order chi connectivity index (χ0) is 6.57. The van der Waals surface area contributed by atoms with Crippen molar-refractivity contribution >= 4 is 8.25 Å². The molecule has 0 radical (unpaired) electrons. The normalized spacial score (nSPS) is 15.6. The van der Waals surface area contributed by atoms with Crippen molar-refractivity contribution in [1.29, 1.82) is 0 Å². The van der Waals surface area contributed by atoms with E-state index in [1.807, 2.05) is 0 Å². The molecule has 1 unspecified atom stereocenters. The molecule has 0 bridgehead atoms. The summed E-state index contributed by atoms with van der Waals surface area (Å²) >= 11 is 0. The second kappa shape index (κ2) is 3.57. The summed E-state index contributed by atoms with van der Waals surface area (Å²) in [4.78, 5) is 7.73. The van der Waals surface area contributed by atoms with Gasteiger partial charge in [-0.3, -0.25) is 0 Å². The van der Waals surface area contributed by atoms with Gasteiger partial charge in [-0.15, -0.1) is 0 Å². The lowest BCUT2D eigenvalue weighted by molar-refractivity contribution is 0.266. The van der Waals surface area contributed by atoms with Crippen LogP contribution in [0.2, 0.25) is 0 Å². The number of hydrogen-bond donors (Lipinski definition) is 1. The molecule has 0 saturated heterocycles. The highest BCUT2D eigenvalue weighted by Gasteiger charge is 1.96.